The predicted molar refractivity (Wildman–Crippen MR) is 83.6 cm³/mol. The van der Waals surface area contributed by atoms with Crippen molar-refractivity contribution >= 4 is 17.5 Å². The molecule has 110 valence electrons. The number of carbonyl (C=O) groups is 1. The monoisotopic (exact) mass is 311 g/mol. The number of aromatic nitrogens is 3. The third kappa shape index (κ3) is 3.23. The number of benzene rings is 1. The molecule has 5 nitrogen and oxygen atoms in total. The molecule has 1 unspecified atom stereocenters. The van der Waals surface area contributed by atoms with Gasteiger partial charge in [-0.05, 0) is 24.2 Å². The molecule has 2 aromatic heterocycles. The van der Waals surface area contributed by atoms with Gasteiger partial charge in [-0.15, -0.1) is 0 Å². The summed E-state index contributed by atoms with van der Waals surface area (Å²) in [4.78, 5) is 20.6. The molecule has 0 amide bonds. The maximum absolute atomic E-state index is 12.3. The van der Waals surface area contributed by atoms with Crippen LogP contribution in [-0.4, -0.2) is 26.2 Å². The second kappa shape index (κ2) is 6.53. The van der Waals surface area contributed by atoms with Crippen LogP contribution in [0.1, 0.15) is 17.3 Å². The standard InChI is InChI=1S/C16H13N3O2S/c1-11(14(20)12-6-3-2-4-7-12)22-16-18-15(21-19-16)13-8-5-9-17-10-13/h2-11H,1H3. The van der Waals surface area contributed by atoms with Gasteiger partial charge in [0.1, 0.15) is 0 Å². The molecule has 0 saturated heterocycles. The number of hydrogen-bond donors (Lipinski definition) is 0. The Morgan fingerprint density at radius 1 is 1.18 bits per heavy atom. The number of carbonyl (C=O) groups excluding carboxylic acids is 1. The van der Waals surface area contributed by atoms with Crippen molar-refractivity contribution in [1.29, 1.82) is 0 Å². The van der Waals surface area contributed by atoms with Gasteiger partial charge in [0.05, 0.1) is 10.8 Å². The van der Waals surface area contributed by atoms with Gasteiger partial charge < -0.3 is 4.52 Å². The van der Waals surface area contributed by atoms with Crippen LogP contribution in [0, 0.1) is 0 Å². The van der Waals surface area contributed by atoms with Crippen molar-refractivity contribution in [3.63, 3.8) is 0 Å². The minimum atomic E-state index is -0.290. The third-order valence-corrected chi connectivity index (χ3v) is 3.97. The number of thioether (sulfide) groups is 1. The van der Waals surface area contributed by atoms with E-state index >= 15 is 0 Å². The van der Waals surface area contributed by atoms with Crippen molar-refractivity contribution < 1.29 is 9.32 Å². The summed E-state index contributed by atoms with van der Waals surface area (Å²) in [6, 6.07) is 12.8. The zero-order valence-corrected chi connectivity index (χ0v) is 12.7. The van der Waals surface area contributed by atoms with Crippen molar-refractivity contribution in [2.45, 2.75) is 17.3 Å². The smallest absolute Gasteiger partial charge is 0.260 e. The van der Waals surface area contributed by atoms with Gasteiger partial charge in [-0.3, -0.25) is 9.78 Å². The topological polar surface area (TPSA) is 68.9 Å². The van der Waals surface area contributed by atoms with Crippen molar-refractivity contribution in [3.05, 3.63) is 60.4 Å². The SMILES string of the molecule is CC(Sc1noc(-c2cccnc2)n1)C(=O)c1ccccc1. The molecule has 0 fully saturated rings. The minimum Gasteiger partial charge on any atom is -0.333 e. The van der Waals surface area contributed by atoms with Crippen LogP contribution in [0.15, 0.2) is 64.5 Å². The number of nitrogens with zero attached hydrogens (tertiary/aromatic N) is 3. The maximum Gasteiger partial charge on any atom is 0.260 e. The molecule has 0 aliphatic rings. The largest absolute Gasteiger partial charge is 0.333 e. The van der Waals surface area contributed by atoms with Crippen LogP contribution < -0.4 is 0 Å². The summed E-state index contributed by atoms with van der Waals surface area (Å²) in [5.41, 5.74) is 1.43. The molecule has 22 heavy (non-hydrogen) atoms. The molecule has 0 N–H and O–H groups in total. The second-order valence-corrected chi connectivity index (χ2v) is 5.92. The van der Waals surface area contributed by atoms with Gasteiger partial charge in [0.2, 0.25) is 5.16 Å². The lowest BCUT2D eigenvalue weighted by Gasteiger charge is -2.06. The second-order valence-electron chi connectivity index (χ2n) is 4.61. The summed E-state index contributed by atoms with van der Waals surface area (Å²) in [5, 5.41) is 4.06. The number of pyridine rings is 1. The van der Waals surface area contributed by atoms with E-state index in [1.165, 1.54) is 11.8 Å². The van der Waals surface area contributed by atoms with Crippen LogP contribution in [0.2, 0.25) is 0 Å². The summed E-state index contributed by atoms with van der Waals surface area (Å²) in [6.45, 7) is 1.83. The first kappa shape index (κ1) is 14.5. The van der Waals surface area contributed by atoms with Crippen LogP contribution in [0.5, 0.6) is 0 Å². The van der Waals surface area contributed by atoms with Crippen LogP contribution in [0.4, 0.5) is 0 Å². The summed E-state index contributed by atoms with van der Waals surface area (Å²) < 4.78 is 5.20. The Morgan fingerprint density at radius 3 is 2.73 bits per heavy atom. The molecule has 3 rings (SSSR count). The average Bonchev–Trinajstić information content (AvgIpc) is 3.04. The summed E-state index contributed by atoms with van der Waals surface area (Å²) in [5.74, 6) is 0.438. The minimum absolute atomic E-state index is 0.0401. The van der Waals surface area contributed by atoms with E-state index in [1.54, 1.807) is 30.6 Å². The number of ketones is 1. The Bertz CT molecular complexity index is 759. The molecule has 2 heterocycles. The average molecular weight is 311 g/mol. The molecule has 0 saturated carbocycles. The molecule has 0 radical (unpaired) electrons. The van der Waals surface area contributed by atoms with E-state index in [4.69, 9.17) is 4.52 Å². The van der Waals surface area contributed by atoms with Gasteiger partial charge in [0.25, 0.3) is 5.89 Å². The lowest BCUT2D eigenvalue weighted by atomic mass is 10.1. The molecule has 1 atom stereocenters. The lowest BCUT2D eigenvalue weighted by Crippen LogP contribution is -2.13. The normalized spacial score (nSPS) is 12.0. The molecule has 3 aromatic rings. The molecule has 0 bridgehead atoms. The quantitative estimate of drug-likeness (QED) is 0.530. The van der Waals surface area contributed by atoms with Gasteiger partial charge in [0.15, 0.2) is 5.78 Å². The van der Waals surface area contributed by atoms with Crippen molar-refractivity contribution in [2.24, 2.45) is 0 Å². The highest BCUT2D eigenvalue weighted by atomic mass is 32.2. The number of hydrogen-bond acceptors (Lipinski definition) is 6. The Balaban J connectivity index is 1.71. The van der Waals surface area contributed by atoms with E-state index < -0.39 is 0 Å². The lowest BCUT2D eigenvalue weighted by molar-refractivity contribution is 0.0994. The van der Waals surface area contributed by atoms with Gasteiger partial charge in [-0.25, -0.2) is 0 Å². The molecule has 1 aromatic carbocycles. The molecule has 0 aliphatic carbocycles. The van der Waals surface area contributed by atoms with E-state index in [0.717, 1.165) is 5.56 Å². The third-order valence-electron chi connectivity index (χ3n) is 3.03. The first-order valence-electron chi connectivity index (χ1n) is 6.74. The Labute approximate surface area is 131 Å². The van der Waals surface area contributed by atoms with Gasteiger partial charge in [0, 0.05) is 18.0 Å². The Hall–Kier alpha value is -2.47. The van der Waals surface area contributed by atoms with Crippen LogP contribution in [0.25, 0.3) is 11.5 Å². The molecule has 0 aliphatic heterocycles. The fraction of sp³-hybridized carbons (Fsp3) is 0.125. The van der Waals surface area contributed by atoms with Crippen molar-refractivity contribution in [2.75, 3.05) is 0 Å². The van der Waals surface area contributed by atoms with Gasteiger partial charge >= 0.3 is 0 Å². The van der Waals surface area contributed by atoms with Crippen molar-refractivity contribution in [3.8, 4) is 11.5 Å². The predicted octanol–water partition coefficient (Wildman–Crippen LogP) is 3.50. The van der Waals surface area contributed by atoms with E-state index in [-0.39, 0.29) is 11.0 Å². The maximum atomic E-state index is 12.3. The van der Waals surface area contributed by atoms with E-state index in [1.807, 2.05) is 31.2 Å². The number of Topliss-reactive ketones (excluding diaryl/α,β-unsaturated/α-hetero) is 1. The summed E-state index contributed by atoms with van der Waals surface area (Å²) in [6.07, 6.45) is 3.33. The molecule has 6 heteroatoms. The van der Waals surface area contributed by atoms with E-state index in [9.17, 15) is 4.79 Å². The van der Waals surface area contributed by atoms with Crippen LogP contribution in [-0.2, 0) is 0 Å². The van der Waals surface area contributed by atoms with E-state index in [2.05, 4.69) is 15.1 Å². The fourth-order valence-electron chi connectivity index (χ4n) is 1.91. The zero-order valence-electron chi connectivity index (χ0n) is 11.8. The molecular formula is C16H13N3O2S. The highest BCUT2D eigenvalue weighted by molar-refractivity contribution is 8.00. The number of rotatable bonds is 5. The van der Waals surface area contributed by atoms with Crippen molar-refractivity contribution in [1.82, 2.24) is 15.1 Å². The van der Waals surface area contributed by atoms with E-state index in [0.29, 0.717) is 16.6 Å². The first-order chi connectivity index (χ1) is 10.7. The zero-order chi connectivity index (χ0) is 15.4. The highest BCUT2D eigenvalue weighted by Crippen LogP contribution is 2.25. The summed E-state index contributed by atoms with van der Waals surface area (Å²) >= 11 is 1.28. The Kier molecular flexibility index (Phi) is 4.29. The van der Waals surface area contributed by atoms with Gasteiger partial charge in [-0.1, -0.05) is 42.1 Å². The fourth-order valence-corrected chi connectivity index (χ4v) is 2.69. The first-order valence-corrected chi connectivity index (χ1v) is 7.62. The van der Waals surface area contributed by atoms with Crippen LogP contribution in [0.3, 0.4) is 0 Å². The van der Waals surface area contributed by atoms with Crippen LogP contribution >= 0.6 is 11.8 Å². The summed E-state index contributed by atoms with van der Waals surface area (Å²) in [7, 11) is 0. The highest BCUT2D eigenvalue weighted by Gasteiger charge is 2.19. The molecule has 0 spiro atoms. The Morgan fingerprint density at radius 2 is 2.00 bits per heavy atom. The van der Waals surface area contributed by atoms with Gasteiger partial charge in [-0.2, -0.15) is 4.98 Å². The molecular weight excluding hydrogens is 298 g/mol.